The molecule has 1 fully saturated rings. The van der Waals surface area contributed by atoms with Crippen molar-refractivity contribution in [2.24, 2.45) is 0 Å². The van der Waals surface area contributed by atoms with Crippen LogP contribution in [0.3, 0.4) is 0 Å². The van der Waals surface area contributed by atoms with Crippen LogP contribution in [0.25, 0.3) is 0 Å². The van der Waals surface area contributed by atoms with Crippen molar-refractivity contribution in [3.63, 3.8) is 0 Å². The van der Waals surface area contributed by atoms with E-state index in [1.54, 1.807) is 6.20 Å². The first-order valence-electron chi connectivity index (χ1n) is 9.06. The topological polar surface area (TPSA) is 66.0 Å². The predicted molar refractivity (Wildman–Crippen MR) is 110 cm³/mol. The minimum Gasteiger partial charge on any atom is -0.372 e. The van der Waals surface area contributed by atoms with Gasteiger partial charge in [0.1, 0.15) is 0 Å². The number of benzene rings is 2. The highest BCUT2D eigenvalue weighted by atomic mass is 35.5. The van der Waals surface area contributed by atoms with Gasteiger partial charge in [0.25, 0.3) is 0 Å². The Labute approximate surface area is 163 Å². The molecule has 0 radical (unpaired) electrons. The second kappa shape index (κ2) is 8.22. The fourth-order valence-corrected chi connectivity index (χ4v) is 3.23. The van der Waals surface area contributed by atoms with Crippen LogP contribution in [-0.2, 0) is 6.54 Å². The third-order valence-corrected chi connectivity index (χ3v) is 4.79. The van der Waals surface area contributed by atoms with E-state index in [-0.39, 0.29) is 0 Å². The minimum atomic E-state index is 0.476. The van der Waals surface area contributed by atoms with Gasteiger partial charge in [-0.05, 0) is 54.8 Å². The van der Waals surface area contributed by atoms with Crippen LogP contribution < -0.4 is 15.5 Å². The molecular formula is C20H21ClN6. The molecule has 3 aromatic rings. The highest BCUT2D eigenvalue weighted by molar-refractivity contribution is 6.30. The van der Waals surface area contributed by atoms with E-state index in [1.165, 1.54) is 18.5 Å². The van der Waals surface area contributed by atoms with E-state index < -0.39 is 0 Å². The molecule has 0 amide bonds. The summed E-state index contributed by atoms with van der Waals surface area (Å²) in [5.41, 5.74) is 3.34. The molecule has 1 saturated heterocycles. The molecule has 2 aromatic carbocycles. The Hall–Kier alpha value is -2.86. The monoisotopic (exact) mass is 380 g/mol. The molecule has 1 aliphatic rings. The second-order valence-corrected chi connectivity index (χ2v) is 6.95. The van der Waals surface area contributed by atoms with Gasteiger partial charge in [0.2, 0.25) is 5.95 Å². The Morgan fingerprint density at radius 1 is 0.963 bits per heavy atom. The Morgan fingerprint density at radius 2 is 1.70 bits per heavy atom. The number of halogens is 1. The summed E-state index contributed by atoms with van der Waals surface area (Å²) in [6.07, 6.45) is 4.17. The Kier molecular flexibility index (Phi) is 5.34. The highest BCUT2D eigenvalue weighted by Crippen LogP contribution is 2.23. The minimum absolute atomic E-state index is 0.476. The lowest BCUT2D eigenvalue weighted by molar-refractivity contribution is 0.948. The van der Waals surface area contributed by atoms with E-state index in [2.05, 4.69) is 55.0 Å². The lowest BCUT2D eigenvalue weighted by Crippen LogP contribution is -2.17. The van der Waals surface area contributed by atoms with Crippen molar-refractivity contribution in [3.05, 3.63) is 65.3 Å². The van der Waals surface area contributed by atoms with E-state index in [4.69, 9.17) is 11.6 Å². The van der Waals surface area contributed by atoms with Gasteiger partial charge in [0.05, 0.1) is 6.20 Å². The molecule has 7 heteroatoms. The first-order valence-corrected chi connectivity index (χ1v) is 9.44. The number of anilines is 4. The smallest absolute Gasteiger partial charge is 0.244 e. The fourth-order valence-electron chi connectivity index (χ4n) is 3.10. The van der Waals surface area contributed by atoms with Crippen molar-refractivity contribution in [3.8, 4) is 0 Å². The van der Waals surface area contributed by atoms with Gasteiger partial charge >= 0.3 is 0 Å². The molecule has 1 aromatic heterocycles. The van der Waals surface area contributed by atoms with Crippen LogP contribution in [0.15, 0.2) is 54.7 Å². The van der Waals surface area contributed by atoms with E-state index in [9.17, 15) is 0 Å². The van der Waals surface area contributed by atoms with Crippen LogP contribution in [0.2, 0.25) is 5.02 Å². The van der Waals surface area contributed by atoms with Crippen molar-refractivity contribution in [2.45, 2.75) is 19.4 Å². The molecule has 2 N–H and O–H groups in total. The zero-order valence-electron chi connectivity index (χ0n) is 14.9. The quantitative estimate of drug-likeness (QED) is 0.657. The van der Waals surface area contributed by atoms with Gasteiger partial charge in [-0.3, -0.25) is 0 Å². The number of nitrogens with zero attached hydrogens (tertiary/aromatic N) is 4. The maximum atomic E-state index is 5.91. The molecule has 0 bridgehead atoms. The number of hydrogen-bond acceptors (Lipinski definition) is 6. The molecule has 6 nitrogen and oxygen atoms in total. The Balaban J connectivity index is 1.37. The van der Waals surface area contributed by atoms with Crippen molar-refractivity contribution >= 4 is 34.7 Å². The molecule has 0 atom stereocenters. The summed E-state index contributed by atoms with van der Waals surface area (Å²) in [7, 11) is 0. The molecule has 0 saturated carbocycles. The lowest BCUT2D eigenvalue weighted by Gasteiger charge is -2.17. The summed E-state index contributed by atoms with van der Waals surface area (Å²) in [6.45, 7) is 2.89. The van der Waals surface area contributed by atoms with Crippen molar-refractivity contribution in [1.82, 2.24) is 15.2 Å². The molecule has 138 valence electrons. The average molecular weight is 381 g/mol. The molecule has 4 rings (SSSR count). The van der Waals surface area contributed by atoms with E-state index in [0.717, 1.165) is 29.4 Å². The van der Waals surface area contributed by atoms with Crippen LogP contribution in [-0.4, -0.2) is 28.3 Å². The SMILES string of the molecule is Clc1ccc(CNc2nncc(Nc3ccc(N4CCCC4)cc3)n2)cc1. The number of rotatable bonds is 6. The predicted octanol–water partition coefficient (Wildman–Crippen LogP) is 4.48. The fraction of sp³-hybridized carbons (Fsp3) is 0.250. The normalized spacial score (nSPS) is 13.6. The first kappa shape index (κ1) is 17.5. The number of nitrogens with one attached hydrogen (secondary N) is 2. The van der Waals surface area contributed by atoms with Crippen molar-refractivity contribution in [2.75, 3.05) is 28.6 Å². The van der Waals surface area contributed by atoms with Crippen LogP contribution >= 0.6 is 11.6 Å². The lowest BCUT2D eigenvalue weighted by atomic mass is 10.2. The van der Waals surface area contributed by atoms with Crippen LogP contribution in [0.1, 0.15) is 18.4 Å². The molecular weight excluding hydrogens is 360 g/mol. The van der Waals surface area contributed by atoms with E-state index in [0.29, 0.717) is 18.3 Å². The summed E-state index contributed by atoms with van der Waals surface area (Å²) >= 11 is 5.91. The largest absolute Gasteiger partial charge is 0.372 e. The van der Waals surface area contributed by atoms with Crippen LogP contribution in [0, 0.1) is 0 Å². The third kappa shape index (κ3) is 4.65. The summed E-state index contributed by atoms with van der Waals surface area (Å²) < 4.78 is 0. The third-order valence-electron chi connectivity index (χ3n) is 4.53. The zero-order valence-corrected chi connectivity index (χ0v) is 15.7. The van der Waals surface area contributed by atoms with Crippen LogP contribution in [0.4, 0.5) is 23.1 Å². The highest BCUT2D eigenvalue weighted by Gasteiger charge is 2.11. The number of aromatic nitrogens is 3. The van der Waals surface area contributed by atoms with Gasteiger partial charge in [-0.2, -0.15) is 10.1 Å². The van der Waals surface area contributed by atoms with Gasteiger partial charge in [0, 0.05) is 36.0 Å². The maximum Gasteiger partial charge on any atom is 0.244 e. The van der Waals surface area contributed by atoms with Crippen LogP contribution in [0.5, 0.6) is 0 Å². The summed E-state index contributed by atoms with van der Waals surface area (Å²) in [5.74, 6) is 1.13. The zero-order chi connectivity index (χ0) is 18.5. The molecule has 0 aliphatic carbocycles. The summed E-state index contributed by atoms with van der Waals surface area (Å²) in [6, 6.07) is 16.1. The van der Waals surface area contributed by atoms with E-state index >= 15 is 0 Å². The van der Waals surface area contributed by atoms with Gasteiger partial charge in [-0.1, -0.05) is 23.7 Å². The van der Waals surface area contributed by atoms with E-state index in [1.807, 2.05) is 24.3 Å². The Bertz CT molecular complexity index is 876. The maximum absolute atomic E-state index is 5.91. The standard InChI is InChI=1S/C20H21ClN6/c21-16-5-3-15(4-6-16)13-22-20-25-19(14-23-26-20)24-17-7-9-18(10-8-17)27-11-1-2-12-27/h3-10,14H,1-2,11-13H2,(H2,22,24,25,26). The second-order valence-electron chi connectivity index (χ2n) is 6.51. The average Bonchev–Trinajstić information content (AvgIpc) is 3.23. The van der Waals surface area contributed by atoms with Crippen molar-refractivity contribution in [1.29, 1.82) is 0 Å². The van der Waals surface area contributed by atoms with Crippen molar-refractivity contribution < 1.29 is 0 Å². The number of hydrogen-bond donors (Lipinski definition) is 2. The first-order chi connectivity index (χ1) is 13.3. The summed E-state index contributed by atoms with van der Waals surface area (Å²) in [5, 5.41) is 15.2. The van der Waals surface area contributed by atoms with Gasteiger partial charge in [0.15, 0.2) is 5.82 Å². The molecule has 0 unspecified atom stereocenters. The Morgan fingerprint density at radius 3 is 2.44 bits per heavy atom. The van der Waals surface area contributed by atoms with Gasteiger partial charge in [-0.15, -0.1) is 5.10 Å². The molecule has 0 spiro atoms. The molecule has 2 heterocycles. The van der Waals surface area contributed by atoms with Gasteiger partial charge < -0.3 is 15.5 Å². The molecule has 27 heavy (non-hydrogen) atoms. The van der Waals surface area contributed by atoms with Gasteiger partial charge in [-0.25, -0.2) is 0 Å². The summed E-state index contributed by atoms with van der Waals surface area (Å²) in [4.78, 5) is 6.88. The molecule has 1 aliphatic heterocycles.